The van der Waals surface area contributed by atoms with E-state index in [4.69, 9.17) is 37.9 Å². The predicted molar refractivity (Wildman–Crippen MR) is 167 cm³/mol. The molecule has 0 aromatic rings. The van der Waals surface area contributed by atoms with Gasteiger partial charge < -0.3 is 43.2 Å². The van der Waals surface area contributed by atoms with Gasteiger partial charge in [-0.05, 0) is 0 Å². The Morgan fingerprint density at radius 3 is 1.12 bits per heavy atom. The molecule has 1 N–H and O–H groups in total. The average molecular weight is 682 g/mol. The normalized spacial score (nSPS) is 10.7. The van der Waals surface area contributed by atoms with Crippen molar-refractivity contribution in [2.45, 2.75) is 13.8 Å². The monoisotopic (exact) mass is 681 g/mol. The fourth-order valence-corrected chi connectivity index (χ4v) is 3.14. The molecule has 0 spiro atoms. The van der Waals surface area contributed by atoms with Crippen molar-refractivity contribution in [2.75, 3.05) is 66.0 Å². The van der Waals surface area contributed by atoms with Gasteiger partial charge in [-0.2, -0.15) is 0 Å². The van der Waals surface area contributed by atoms with E-state index in [1.165, 1.54) is 0 Å². The van der Waals surface area contributed by atoms with Crippen LogP contribution in [0.4, 0.5) is 4.79 Å². The summed E-state index contributed by atoms with van der Waals surface area (Å²) in [7, 11) is 0. The Labute approximate surface area is 278 Å². The Morgan fingerprint density at radius 1 is 0.521 bits per heavy atom. The summed E-state index contributed by atoms with van der Waals surface area (Å²) >= 11 is 0. The van der Waals surface area contributed by atoms with Gasteiger partial charge >= 0.3 is 41.9 Å². The van der Waals surface area contributed by atoms with Gasteiger partial charge in [0.15, 0.2) is 0 Å². The molecule has 0 aromatic heterocycles. The summed E-state index contributed by atoms with van der Waals surface area (Å²) in [5.41, 5.74) is -3.12. The molecule has 0 aromatic carbocycles. The van der Waals surface area contributed by atoms with Crippen LogP contribution in [0.5, 0.6) is 0 Å². The summed E-state index contributed by atoms with van der Waals surface area (Å²) in [6.45, 7) is 15.5. The minimum Gasteiger partial charge on any atom is -0.464 e. The molecule has 16 nitrogen and oxygen atoms in total. The first-order chi connectivity index (χ1) is 22.7. The van der Waals surface area contributed by atoms with Gasteiger partial charge in [0.05, 0.1) is 36.5 Å². The van der Waals surface area contributed by atoms with Gasteiger partial charge in [0, 0.05) is 30.4 Å². The fourth-order valence-electron chi connectivity index (χ4n) is 3.14. The quantitative estimate of drug-likeness (QED) is 0.0628. The molecule has 0 radical (unpaired) electrons. The van der Waals surface area contributed by atoms with Gasteiger partial charge in [-0.25, -0.2) is 28.8 Å². The number of ether oxygens (including phenoxy) is 8. The SMILES string of the molecule is C=CC(=O)OCC(COCC(COC(=O)C=C)(COC(=O)C=C)COC(=O)NCCOC(=O)C(C)C)(COC(=O)C=C)COC(=O)C=C. The number of alkyl carbamates (subject to hydrolysis) is 1. The lowest BCUT2D eigenvalue weighted by Gasteiger charge is -2.35. The number of amides is 1. The summed E-state index contributed by atoms with van der Waals surface area (Å²) in [5, 5.41) is 2.38. The first kappa shape index (κ1) is 42.8. The number of hydrogen-bond donors (Lipinski definition) is 1. The average Bonchev–Trinajstić information content (AvgIpc) is 3.09. The highest BCUT2D eigenvalue weighted by atomic mass is 16.6. The zero-order chi connectivity index (χ0) is 36.6. The lowest BCUT2D eigenvalue weighted by atomic mass is 9.90. The van der Waals surface area contributed by atoms with Crippen LogP contribution in [0.25, 0.3) is 0 Å². The third kappa shape index (κ3) is 18.0. The van der Waals surface area contributed by atoms with Crippen LogP contribution in [0.3, 0.4) is 0 Å². The highest BCUT2D eigenvalue weighted by molar-refractivity contribution is 5.83. The minimum atomic E-state index is -1.59. The Hall–Kier alpha value is -5.25. The first-order valence-corrected chi connectivity index (χ1v) is 14.3. The van der Waals surface area contributed by atoms with E-state index in [1.807, 2.05) is 0 Å². The first-order valence-electron chi connectivity index (χ1n) is 14.3. The van der Waals surface area contributed by atoms with Crippen molar-refractivity contribution in [3.63, 3.8) is 0 Å². The van der Waals surface area contributed by atoms with Gasteiger partial charge in [0.2, 0.25) is 0 Å². The standard InChI is InChI=1S/C32H43NO15/c1-8-24(34)43-17-31(18-44-25(35)9-2,19-45-26(36)10-3)15-41-16-32(20-46-27(37)11-4,21-47-28(38)12-5)22-48-30(40)33-13-14-42-29(39)23(6)7/h8-12,23H,1-5,13-22H2,6-7H3,(H,33,40). The van der Waals surface area contributed by atoms with E-state index < -0.39 is 106 Å². The smallest absolute Gasteiger partial charge is 0.407 e. The van der Waals surface area contributed by atoms with Crippen molar-refractivity contribution in [3.8, 4) is 0 Å². The molecule has 16 heteroatoms. The Bertz CT molecular complexity index is 1110. The number of hydrogen-bond acceptors (Lipinski definition) is 15. The molecule has 0 saturated carbocycles. The van der Waals surface area contributed by atoms with E-state index in [0.717, 1.165) is 30.4 Å². The number of carbonyl (C=O) groups is 7. The van der Waals surface area contributed by atoms with Gasteiger partial charge in [0.1, 0.15) is 46.2 Å². The molecule has 48 heavy (non-hydrogen) atoms. The van der Waals surface area contributed by atoms with Gasteiger partial charge in [0.25, 0.3) is 0 Å². The van der Waals surface area contributed by atoms with Crippen molar-refractivity contribution in [1.82, 2.24) is 5.32 Å². The van der Waals surface area contributed by atoms with Gasteiger partial charge in [-0.3, -0.25) is 4.79 Å². The Balaban J connectivity index is 6.26. The molecular weight excluding hydrogens is 638 g/mol. The summed E-state index contributed by atoms with van der Waals surface area (Å²) in [6, 6.07) is 0. The second kappa shape index (κ2) is 23.1. The molecule has 0 bridgehead atoms. The Kier molecular flexibility index (Phi) is 20.6. The number of nitrogens with one attached hydrogen (secondary N) is 1. The maximum Gasteiger partial charge on any atom is 0.407 e. The molecular formula is C32H43NO15. The minimum absolute atomic E-state index is 0.101. The number of carbonyl (C=O) groups excluding carboxylic acids is 7. The molecule has 0 fully saturated rings. The maximum absolute atomic E-state index is 12.5. The molecule has 0 aliphatic carbocycles. The molecule has 0 rings (SSSR count). The highest BCUT2D eigenvalue weighted by Gasteiger charge is 2.40. The summed E-state index contributed by atoms with van der Waals surface area (Å²) in [4.78, 5) is 83.9. The molecule has 1 amide bonds. The van der Waals surface area contributed by atoms with Crippen LogP contribution in [-0.4, -0.2) is 108 Å². The van der Waals surface area contributed by atoms with Crippen LogP contribution in [0.1, 0.15) is 13.8 Å². The fraction of sp³-hybridized carbons (Fsp3) is 0.469. The number of rotatable bonds is 25. The van der Waals surface area contributed by atoms with Crippen molar-refractivity contribution >= 4 is 41.9 Å². The van der Waals surface area contributed by atoms with Crippen molar-refractivity contribution < 1.29 is 71.5 Å². The van der Waals surface area contributed by atoms with Crippen LogP contribution in [0, 0.1) is 16.7 Å². The molecule has 0 aliphatic rings. The zero-order valence-corrected chi connectivity index (χ0v) is 27.2. The van der Waals surface area contributed by atoms with E-state index in [9.17, 15) is 33.6 Å². The zero-order valence-electron chi connectivity index (χ0n) is 27.2. The van der Waals surface area contributed by atoms with Crippen LogP contribution in [-0.2, 0) is 66.7 Å². The second-order valence-electron chi connectivity index (χ2n) is 10.4. The highest BCUT2D eigenvalue weighted by Crippen LogP contribution is 2.26. The van der Waals surface area contributed by atoms with Gasteiger partial charge in [-0.1, -0.05) is 46.7 Å². The number of esters is 6. The topological polar surface area (TPSA) is 205 Å². The Morgan fingerprint density at radius 2 is 0.833 bits per heavy atom. The lowest BCUT2D eigenvalue weighted by molar-refractivity contribution is -0.167. The maximum atomic E-state index is 12.5. The van der Waals surface area contributed by atoms with Crippen LogP contribution in [0.2, 0.25) is 0 Å². The largest absolute Gasteiger partial charge is 0.464 e. The van der Waals surface area contributed by atoms with Crippen molar-refractivity contribution in [2.24, 2.45) is 16.7 Å². The van der Waals surface area contributed by atoms with Crippen molar-refractivity contribution in [3.05, 3.63) is 63.3 Å². The van der Waals surface area contributed by atoms with E-state index in [0.29, 0.717) is 0 Å². The van der Waals surface area contributed by atoms with Gasteiger partial charge in [-0.15, -0.1) is 0 Å². The van der Waals surface area contributed by atoms with Crippen molar-refractivity contribution in [1.29, 1.82) is 0 Å². The van der Waals surface area contributed by atoms with E-state index in [2.05, 4.69) is 38.2 Å². The second-order valence-corrected chi connectivity index (χ2v) is 10.4. The molecule has 0 heterocycles. The molecule has 0 aliphatic heterocycles. The van der Waals surface area contributed by atoms with Crippen LogP contribution in [0.15, 0.2) is 63.3 Å². The summed E-state index contributed by atoms with van der Waals surface area (Å²) in [6.07, 6.45) is 3.40. The molecule has 0 saturated heterocycles. The molecule has 0 atom stereocenters. The third-order valence-corrected chi connectivity index (χ3v) is 5.85. The van der Waals surface area contributed by atoms with E-state index >= 15 is 0 Å². The lowest BCUT2D eigenvalue weighted by Crippen LogP contribution is -2.47. The van der Waals surface area contributed by atoms with Crippen LogP contribution < -0.4 is 5.32 Å². The third-order valence-electron chi connectivity index (χ3n) is 5.85. The molecule has 266 valence electrons. The van der Waals surface area contributed by atoms with E-state index in [1.54, 1.807) is 13.8 Å². The summed E-state index contributed by atoms with van der Waals surface area (Å²) < 4.78 is 42.1. The van der Waals surface area contributed by atoms with E-state index in [-0.39, 0.29) is 19.1 Å². The summed E-state index contributed by atoms with van der Waals surface area (Å²) in [5.74, 6) is -5.15. The molecule has 0 unspecified atom stereocenters. The van der Waals surface area contributed by atoms with Crippen LogP contribution >= 0.6 is 0 Å². The predicted octanol–water partition coefficient (Wildman–Crippen LogP) is 1.55.